The molecule has 0 saturated carbocycles. The van der Waals surface area contributed by atoms with E-state index in [2.05, 4.69) is 15.1 Å². The Kier molecular flexibility index (Phi) is 4.52. The molecule has 21 heavy (non-hydrogen) atoms. The van der Waals surface area contributed by atoms with E-state index in [9.17, 15) is 12.8 Å². The summed E-state index contributed by atoms with van der Waals surface area (Å²) >= 11 is 11.5. The molecular weight excluding hydrogens is 342 g/mol. The first kappa shape index (κ1) is 15.8. The Morgan fingerprint density at radius 2 is 1.90 bits per heavy atom. The normalized spacial score (nSPS) is 11.2. The summed E-state index contributed by atoms with van der Waals surface area (Å²) in [6.07, 6.45) is 1.06. The average Bonchev–Trinajstić information content (AvgIpc) is 2.36. The smallest absolute Gasteiger partial charge is 0.263 e. The second-order valence-electron chi connectivity index (χ2n) is 3.91. The second kappa shape index (κ2) is 6.02. The van der Waals surface area contributed by atoms with Crippen LogP contribution in [0.25, 0.3) is 0 Å². The van der Waals surface area contributed by atoms with Gasteiger partial charge in [-0.2, -0.15) is 0 Å². The van der Waals surface area contributed by atoms with Gasteiger partial charge in [0.1, 0.15) is 10.7 Å². The number of nitrogens with one attached hydrogen (secondary N) is 2. The van der Waals surface area contributed by atoms with Crippen molar-refractivity contribution in [3.05, 3.63) is 46.3 Å². The van der Waals surface area contributed by atoms with Crippen LogP contribution in [0, 0.1) is 5.82 Å². The lowest BCUT2D eigenvalue weighted by atomic mass is 10.3. The monoisotopic (exact) mass is 350 g/mol. The number of nitrogen functional groups attached to an aromatic ring is 1. The van der Waals surface area contributed by atoms with Crippen LogP contribution in [0.4, 0.5) is 15.9 Å². The first-order valence-corrected chi connectivity index (χ1v) is 7.67. The maximum absolute atomic E-state index is 13.2. The lowest BCUT2D eigenvalue weighted by molar-refractivity contribution is 0.600. The fraction of sp³-hybridized carbons (Fsp3) is 0. The predicted molar refractivity (Wildman–Crippen MR) is 79.3 cm³/mol. The molecule has 0 aliphatic carbocycles. The standard InChI is InChI=1S/C11H9Cl2FN4O2S/c12-6-1-7(14)3-8(2-6)18-21(19,20)9-4-10(13)11(17-15)16-5-9/h1-5,18H,15H2,(H,16,17). The Bertz CT molecular complexity index is 766. The maximum atomic E-state index is 13.2. The second-order valence-corrected chi connectivity index (χ2v) is 6.44. The van der Waals surface area contributed by atoms with E-state index in [1.54, 1.807) is 0 Å². The first-order valence-electron chi connectivity index (χ1n) is 5.43. The van der Waals surface area contributed by atoms with Crippen molar-refractivity contribution in [3.63, 3.8) is 0 Å². The predicted octanol–water partition coefficient (Wildman–Crippen LogP) is 2.61. The fourth-order valence-corrected chi connectivity index (χ4v) is 3.02. The van der Waals surface area contributed by atoms with E-state index in [1.165, 1.54) is 6.07 Å². The summed E-state index contributed by atoms with van der Waals surface area (Å²) in [4.78, 5) is 3.55. The molecule has 4 N–H and O–H groups in total. The Morgan fingerprint density at radius 3 is 2.48 bits per heavy atom. The number of halogens is 3. The molecule has 0 spiro atoms. The third-order valence-corrected chi connectivity index (χ3v) is 4.23. The van der Waals surface area contributed by atoms with Crippen LogP contribution in [-0.4, -0.2) is 13.4 Å². The number of aromatic nitrogens is 1. The minimum atomic E-state index is -3.99. The van der Waals surface area contributed by atoms with Crippen molar-refractivity contribution in [1.29, 1.82) is 0 Å². The molecule has 2 rings (SSSR count). The van der Waals surface area contributed by atoms with Crippen molar-refractivity contribution in [1.82, 2.24) is 4.98 Å². The van der Waals surface area contributed by atoms with E-state index < -0.39 is 15.8 Å². The zero-order valence-electron chi connectivity index (χ0n) is 10.3. The number of pyridine rings is 1. The van der Waals surface area contributed by atoms with Gasteiger partial charge in [0.05, 0.1) is 10.7 Å². The summed E-state index contributed by atoms with van der Waals surface area (Å²) in [5.41, 5.74) is 2.20. The molecule has 0 bridgehead atoms. The molecule has 0 unspecified atom stereocenters. The highest BCUT2D eigenvalue weighted by Gasteiger charge is 2.17. The van der Waals surface area contributed by atoms with E-state index in [0.29, 0.717) is 0 Å². The van der Waals surface area contributed by atoms with Gasteiger partial charge in [0.2, 0.25) is 0 Å². The third-order valence-electron chi connectivity index (χ3n) is 2.38. The Balaban J connectivity index is 2.36. The number of hydrazine groups is 1. The average molecular weight is 351 g/mol. The van der Waals surface area contributed by atoms with Crippen LogP contribution in [0.15, 0.2) is 35.4 Å². The largest absolute Gasteiger partial charge is 0.307 e. The summed E-state index contributed by atoms with van der Waals surface area (Å²) in [6, 6.07) is 4.48. The van der Waals surface area contributed by atoms with Crippen molar-refractivity contribution in [2.45, 2.75) is 4.90 Å². The van der Waals surface area contributed by atoms with Crippen molar-refractivity contribution in [3.8, 4) is 0 Å². The van der Waals surface area contributed by atoms with Gasteiger partial charge in [0, 0.05) is 11.2 Å². The quantitative estimate of drug-likeness (QED) is 0.581. The Morgan fingerprint density at radius 1 is 1.19 bits per heavy atom. The van der Waals surface area contributed by atoms with E-state index in [1.807, 2.05) is 0 Å². The SMILES string of the molecule is NNc1ncc(S(=O)(=O)Nc2cc(F)cc(Cl)c2)cc1Cl. The molecule has 6 nitrogen and oxygen atoms in total. The number of rotatable bonds is 4. The van der Waals surface area contributed by atoms with Gasteiger partial charge in [-0.3, -0.25) is 4.72 Å². The molecule has 1 aromatic heterocycles. The molecule has 0 amide bonds. The Labute approximate surface area is 130 Å². The lowest BCUT2D eigenvalue weighted by Gasteiger charge is -2.10. The molecule has 0 aliphatic rings. The number of hydrogen-bond acceptors (Lipinski definition) is 5. The van der Waals surface area contributed by atoms with E-state index in [0.717, 1.165) is 24.4 Å². The Hall–Kier alpha value is -1.61. The van der Waals surface area contributed by atoms with Crippen LogP contribution in [-0.2, 0) is 10.0 Å². The molecule has 1 heterocycles. The summed E-state index contributed by atoms with van der Waals surface area (Å²) in [5, 5.41) is 0.0872. The van der Waals surface area contributed by atoms with Crippen LogP contribution in [0.1, 0.15) is 0 Å². The highest BCUT2D eigenvalue weighted by Crippen LogP contribution is 2.24. The number of anilines is 2. The van der Waals surface area contributed by atoms with Crippen LogP contribution in [0.5, 0.6) is 0 Å². The van der Waals surface area contributed by atoms with E-state index in [4.69, 9.17) is 29.0 Å². The molecule has 0 atom stereocenters. The van der Waals surface area contributed by atoms with Gasteiger partial charge in [-0.05, 0) is 24.3 Å². The highest BCUT2D eigenvalue weighted by molar-refractivity contribution is 7.92. The zero-order valence-corrected chi connectivity index (χ0v) is 12.6. The van der Waals surface area contributed by atoms with E-state index >= 15 is 0 Å². The van der Waals surface area contributed by atoms with Crippen LogP contribution in [0.3, 0.4) is 0 Å². The molecular formula is C11H9Cl2FN4O2S. The zero-order chi connectivity index (χ0) is 15.6. The summed E-state index contributed by atoms with van der Waals surface area (Å²) in [6.45, 7) is 0. The number of nitrogens with zero attached hydrogens (tertiary/aromatic N) is 1. The third kappa shape index (κ3) is 3.73. The molecule has 2 aromatic rings. The fourth-order valence-electron chi connectivity index (χ4n) is 1.50. The number of nitrogens with two attached hydrogens (primary N) is 1. The minimum absolute atomic E-state index is 0.0165. The van der Waals surface area contributed by atoms with Crippen molar-refractivity contribution < 1.29 is 12.8 Å². The maximum Gasteiger partial charge on any atom is 0.263 e. The van der Waals surface area contributed by atoms with Gasteiger partial charge in [0.25, 0.3) is 10.0 Å². The van der Waals surface area contributed by atoms with Crippen molar-refractivity contribution in [2.75, 3.05) is 10.1 Å². The van der Waals surface area contributed by atoms with Gasteiger partial charge in [-0.25, -0.2) is 23.6 Å². The number of sulfonamides is 1. The van der Waals surface area contributed by atoms with Crippen molar-refractivity contribution in [2.24, 2.45) is 5.84 Å². The van der Waals surface area contributed by atoms with E-state index in [-0.39, 0.29) is 26.4 Å². The van der Waals surface area contributed by atoms with Gasteiger partial charge in [-0.15, -0.1) is 0 Å². The summed E-state index contributed by atoms with van der Waals surface area (Å²) in [7, 11) is -3.99. The van der Waals surface area contributed by atoms with Gasteiger partial charge in [0.15, 0.2) is 5.82 Å². The molecule has 1 aromatic carbocycles. The molecule has 112 valence electrons. The van der Waals surface area contributed by atoms with Crippen LogP contribution in [0.2, 0.25) is 10.0 Å². The first-order chi connectivity index (χ1) is 9.81. The molecule has 10 heteroatoms. The minimum Gasteiger partial charge on any atom is -0.307 e. The molecule has 0 saturated heterocycles. The number of benzene rings is 1. The number of hydrogen-bond donors (Lipinski definition) is 3. The summed E-state index contributed by atoms with van der Waals surface area (Å²) in [5.74, 6) is 4.61. The van der Waals surface area contributed by atoms with Gasteiger partial charge in [-0.1, -0.05) is 23.2 Å². The molecule has 0 fully saturated rings. The van der Waals surface area contributed by atoms with Gasteiger partial charge >= 0.3 is 0 Å². The highest BCUT2D eigenvalue weighted by atomic mass is 35.5. The lowest BCUT2D eigenvalue weighted by Crippen LogP contribution is -2.15. The van der Waals surface area contributed by atoms with Crippen LogP contribution >= 0.6 is 23.2 Å². The van der Waals surface area contributed by atoms with Gasteiger partial charge < -0.3 is 5.43 Å². The molecule has 0 aliphatic heterocycles. The van der Waals surface area contributed by atoms with Crippen LogP contribution < -0.4 is 16.0 Å². The topological polar surface area (TPSA) is 97.1 Å². The summed E-state index contributed by atoms with van der Waals surface area (Å²) < 4.78 is 39.7. The molecule has 0 radical (unpaired) electrons. The van der Waals surface area contributed by atoms with Crippen molar-refractivity contribution >= 4 is 44.7 Å².